The Labute approximate surface area is 117 Å². The van der Waals surface area contributed by atoms with Crippen molar-refractivity contribution >= 4 is 38.9 Å². The van der Waals surface area contributed by atoms with Gasteiger partial charge in [-0.1, -0.05) is 0 Å². The van der Waals surface area contributed by atoms with Crippen LogP contribution in [0.25, 0.3) is 5.65 Å². The highest BCUT2D eigenvalue weighted by atomic mass is 79.9. The normalized spacial score (nSPS) is 11.0. The molecule has 18 heavy (non-hydrogen) atoms. The summed E-state index contributed by atoms with van der Waals surface area (Å²) >= 11 is 5.15. The second-order valence-electron chi connectivity index (χ2n) is 4.03. The lowest BCUT2D eigenvalue weighted by atomic mass is 10.3. The van der Waals surface area contributed by atoms with E-state index in [4.69, 9.17) is 0 Å². The molecule has 3 heterocycles. The molecule has 0 aliphatic heterocycles. The average molecular weight is 323 g/mol. The van der Waals surface area contributed by atoms with E-state index in [0.29, 0.717) is 5.95 Å². The van der Waals surface area contributed by atoms with E-state index in [1.165, 1.54) is 10.4 Å². The predicted octanol–water partition coefficient (Wildman–Crippen LogP) is 3.47. The molecule has 3 rings (SSSR count). The quantitative estimate of drug-likeness (QED) is 0.802. The van der Waals surface area contributed by atoms with Gasteiger partial charge in [0.05, 0.1) is 6.54 Å². The van der Waals surface area contributed by atoms with Crippen LogP contribution in [0.1, 0.15) is 10.4 Å². The molecule has 3 aromatic heterocycles. The molecule has 92 valence electrons. The van der Waals surface area contributed by atoms with Crippen LogP contribution in [0.2, 0.25) is 0 Å². The number of hydrogen-bond donors (Lipinski definition) is 1. The van der Waals surface area contributed by atoms with Crippen molar-refractivity contribution in [3.63, 3.8) is 0 Å². The van der Waals surface area contributed by atoms with Crippen molar-refractivity contribution in [3.8, 4) is 0 Å². The molecule has 0 aliphatic carbocycles. The minimum Gasteiger partial charge on any atom is -0.348 e. The van der Waals surface area contributed by atoms with Gasteiger partial charge in [-0.3, -0.25) is 0 Å². The SMILES string of the molecule is Cc1ccn2nc(NCc3cc(Br)cs3)nc2c1. The van der Waals surface area contributed by atoms with Gasteiger partial charge in [0, 0.05) is 20.9 Å². The van der Waals surface area contributed by atoms with Crippen molar-refractivity contribution in [2.24, 2.45) is 0 Å². The summed E-state index contributed by atoms with van der Waals surface area (Å²) in [6.45, 7) is 2.79. The van der Waals surface area contributed by atoms with Crippen LogP contribution in [0.3, 0.4) is 0 Å². The lowest BCUT2D eigenvalue weighted by Gasteiger charge is -1.96. The van der Waals surface area contributed by atoms with Crippen LogP contribution in [0, 0.1) is 6.92 Å². The van der Waals surface area contributed by atoms with Crippen LogP contribution in [-0.2, 0) is 6.54 Å². The van der Waals surface area contributed by atoms with Crippen LogP contribution in [-0.4, -0.2) is 14.6 Å². The summed E-state index contributed by atoms with van der Waals surface area (Å²) in [6, 6.07) is 6.12. The third-order valence-electron chi connectivity index (χ3n) is 2.54. The number of thiophene rings is 1. The Morgan fingerprint density at radius 2 is 2.33 bits per heavy atom. The Morgan fingerprint density at radius 3 is 3.11 bits per heavy atom. The number of aryl methyl sites for hydroxylation is 1. The highest BCUT2D eigenvalue weighted by molar-refractivity contribution is 9.10. The van der Waals surface area contributed by atoms with Gasteiger partial charge < -0.3 is 5.32 Å². The average Bonchev–Trinajstić information content (AvgIpc) is 2.92. The third-order valence-corrected chi connectivity index (χ3v) is 4.23. The number of aromatic nitrogens is 3. The van der Waals surface area contributed by atoms with Gasteiger partial charge in [-0.2, -0.15) is 4.98 Å². The summed E-state index contributed by atoms with van der Waals surface area (Å²) in [6.07, 6.45) is 1.92. The fourth-order valence-corrected chi connectivity index (χ4v) is 3.06. The Balaban J connectivity index is 1.78. The van der Waals surface area contributed by atoms with E-state index < -0.39 is 0 Å². The van der Waals surface area contributed by atoms with Crippen molar-refractivity contribution in [1.82, 2.24) is 14.6 Å². The minimum atomic E-state index is 0.658. The fourth-order valence-electron chi connectivity index (χ4n) is 1.67. The maximum absolute atomic E-state index is 4.43. The second-order valence-corrected chi connectivity index (χ2v) is 5.94. The molecule has 0 bridgehead atoms. The summed E-state index contributed by atoms with van der Waals surface area (Å²) in [7, 11) is 0. The molecule has 3 aromatic rings. The van der Waals surface area contributed by atoms with E-state index in [1.807, 2.05) is 25.3 Å². The molecule has 0 aromatic carbocycles. The van der Waals surface area contributed by atoms with Gasteiger partial charge in [0.1, 0.15) is 0 Å². The summed E-state index contributed by atoms with van der Waals surface area (Å²) < 4.78 is 2.89. The lowest BCUT2D eigenvalue weighted by molar-refractivity contribution is 0.949. The zero-order chi connectivity index (χ0) is 12.5. The van der Waals surface area contributed by atoms with Gasteiger partial charge in [0.25, 0.3) is 0 Å². The summed E-state index contributed by atoms with van der Waals surface area (Å²) in [5, 5.41) is 9.66. The molecule has 0 amide bonds. The van der Waals surface area contributed by atoms with Crippen molar-refractivity contribution in [1.29, 1.82) is 0 Å². The lowest BCUT2D eigenvalue weighted by Crippen LogP contribution is -1.99. The molecule has 0 saturated carbocycles. The third kappa shape index (κ3) is 2.39. The maximum Gasteiger partial charge on any atom is 0.243 e. The van der Waals surface area contributed by atoms with E-state index in [0.717, 1.165) is 16.7 Å². The first kappa shape index (κ1) is 11.7. The number of fused-ring (bicyclic) bond motifs is 1. The summed E-state index contributed by atoms with van der Waals surface area (Å²) in [5.74, 6) is 0.658. The molecule has 0 fully saturated rings. The fraction of sp³-hybridized carbons (Fsp3) is 0.167. The summed E-state index contributed by atoms with van der Waals surface area (Å²) in [4.78, 5) is 5.68. The van der Waals surface area contributed by atoms with Crippen LogP contribution in [0.5, 0.6) is 0 Å². The largest absolute Gasteiger partial charge is 0.348 e. The highest BCUT2D eigenvalue weighted by Gasteiger charge is 2.04. The Hall–Kier alpha value is -1.40. The first-order chi connectivity index (χ1) is 8.70. The van der Waals surface area contributed by atoms with E-state index in [-0.39, 0.29) is 0 Å². The number of halogens is 1. The molecule has 0 saturated heterocycles. The molecule has 0 atom stereocenters. The van der Waals surface area contributed by atoms with Crippen LogP contribution >= 0.6 is 27.3 Å². The van der Waals surface area contributed by atoms with Crippen molar-refractivity contribution in [2.45, 2.75) is 13.5 Å². The van der Waals surface area contributed by atoms with E-state index in [2.05, 4.69) is 42.8 Å². The van der Waals surface area contributed by atoms with Gasteiger partial charge >= 0.3 is 0 Å². The number of nitrogens with one attached hydrogen (secondary N) is 1. The molecule has 0 spiro atoms. The number of pyridine rings is 1. The van der Waals surface area contributed by atoms with Crippen LogP contribution in [0.15, 0.2) is 34.2 Å². The molecular weight excluding hydrogens is 312 g/mol. The number of hydrogen-bond acceptors (Lipinski definition) is 4. The monoisotopic (exact) mass is 322 g/mol. The Kier molecular flexibility index (Phi) is 3.05. The van der Waals surface area contributed by atoms with Gasteiger partial charge in [-0.05, 0) is 46.6 Å². The van der Waals surface area contributed by atoms with Crippen LogP contribution in [0.4, 0.5) is 5.95 Å². The van der Waals surface area contributed by atoms with E-state index >= 15 is 0 Å². The van der Waals surface area contributed by atoms with Crippen molar-refractivity contribution in [3.05, 3.63) is 44.7 Å². The van der Waals surface area contributed by atoms with Crippen molar-refractivity contribution in [2.75, 3.05) is 5.32 Å². The topological polar surface area (TPSA) is 42.2 Å². The smallest absolute Gasteiger partial charge is 0.243 e. The van der Waals surface area contributed by atoms with E-state index in [1.54, 1.807) is 15.9 Å². The maximum atomic E-state index is 4.43. The number of nitrogens with zero attached hydrogens (tertiary/aromatic N) is 3. The van der Waals surface area contributed by atoms with Gasteiger partial charge in [-0.25, -0.2) is 4.52 Å². The molecule has 4 nitrogen and oxygen atoms in total. The number of rotatable bonds is 3. The standard InChI is InChI=1S/C12H11BrN4S/c1-8-2-3-17-11(4-8)15-12(16-17)14-6-10-5-9(13)7-18-10/h2-5,7H,6H2,1H3,(H,14,16). The summed E-state index contributed by atoms with van der Waals surface area (Å²) in [5.41, 5.74) is 2.05. The molecular formula is C12H11BrN4S. The molecule has 0 radical (unpaired) electrons. The first-order valence-corrected chi connectivity index (χ1v) is 7.18. The molecule has 1 N–H and O–H groups in total. The molecule has 6 heteroatoms. The zero-order valence-electron chi connectivity index (χ0n) is 9.72. The van der Waals surface area contributed by atoms with E-state index in [9.17, 15) is 0 Å². The van der Waals surface area contributed by atoms with Gasteiger partial charge in [0.2, 0.25) is 5.95 Å². The predicted molar refractivity (Wildman–Crippen MR) is 77.1 cm³/mol. The zero-order valence-corrected chi connectivity index (χ0v) is 12.1. The number of anilines is 1. The second kappa shape index (κ2) is 4.70. The Bertz CT molecular complexity index is 688. The van der Waals surface area contributed by atoms with Crippen molar-refractivity contribution < 1.29 is 0 Å². The highest BCUT2D eigenvalue weighted by Crippen LogP contribution is 2.20. The first-order valence-electron chi connectivity index (χ1n) is 5.50. The van der Waals surface area contributed by atoms with Crippen LogP contribution < -0.4 is 5.32 Å². The van der Waals surface area contributed by atoms with Gasteiger partial charge in [0.15, 0.2) is 5.65 Å². The Morgan fingerprint density at radius 1 is 1.44 bits per heavy atom. The molecule has 0 unspecified atom stereocenters. The minimum absolute atomic E-state index is 0.658. The molecule has 0 aliphatic rings. The van der Waals surface area contributed by atoms with Gasteiger partial charge in [-0.15, -0.1) is 16.4 Å².